The molecule has 0 radical (unpaired) electrons. The minimum absolute atomic E-state index is 0.428. The molecule has 0 spiro atoms. The summed E-state index contributed by atoms with van der Waals surface area (Å²) in [4.78, 5) is 9.03. The van der Waals surface area contributed by atoms with Crippen LogP contribution in [0.3, 0.4) is 0 Å². The third-order valence-corrected chi connectivity index (χ3v) is 3.74. The first-order valence-corrected chi connectivity index (χ1v) is 6.09. The highest BCUT2D eigenvalue weighted by atomic mass is 16.5. The van der Waals surface area contributed by atoms with E-state index in [1.54, 1.807) is 0 Å². The Morgan fingerprint density at radius 1 is 1.41 bits per heavy atom. The van der Waals surface area contributed by atoms with Crippen LogP contribution < -0.4 is 0 Å². The van der Waals surface area contributed by atoms with Crippen molar-refractivity contribution in [2.75, 3.05) is 13.2 Å². The Morgan fingerprint density at radius 2 is 2.18 bits per heavy atom. The minimum atomic E-state index is -0.593. The SMILES string of the molecule is Cc1cc(C2CCC2)nc(C2(C#N)COC2)n1. The molecule has 4 nitrogen and oxygen atoms in total. The molecule has 0 atom stereocenters. The Hall–Kier alpha value is -1.47. The van der Waals surface area contributed by atoms with Gasteiger partial charge in [-0.25, -0.2) is 9.97 Å². The van der Waals surface area contributed by atoms with E-state index in [9.17, 15) is 5.26 Å². The number of hydrogen-bond acceptors (Lipinski definition) is 4. The highest BCUT2D eigenvalue weighted by Gasteiger charge is 2.44. The smallest absolute Gasteiger partial charge is 0.163 e. The summed E-state index contributed by atoms with van der Waals surface area (Å²) >= 11 is 0. The molecule has 1 saturated carbocycles. The fraction of sp³-hybridized carbons (Fsp3) is 0.615. The van der Waals surface area contributed by atoms with Gasteiger partial charge in [0.15, 0.2) is 11.2 Å². The van der Waals surface area contributed by atoms with Crippen LogP contribution in [0.15, 0.2) is 6.07 Å². The molecule has 1 aromatic heterocycles. The lowest BCUT2D eigenvalue weighted by Crippen LogP contribution is -2.47. The molecule has 1 aliphatic carbocycles. The highest BCUT2D eigenvalue weighted by molar-refractivity contribution is 5.28. The second-order valence-corrected chi connectivity index (χ2v) is 5.07. The maximum Gasteiger partial charge on any atom is 0.163 e. The van der Waals surface area contributed by atoms with Gasteiger partial charge in [0, 0.05) is 17.3 Å². The van der Waals surface area contributed by atoms with E-state index in [0.29, 0.717) is 25.0 Å². The second-order valence-electron chi connectivity index (χ2n) is 5.07. The standard InChI is InChI=1S/C13H15N3O/c1-9-5-11(10-3-2-4-10)16-12(15-9)13(6-14)7-17-8-13/h5,10H,2-4,7-8H2,1H3. The molecular formula is C13H15N3O. The molecule has 0 N–H and O–H groups in total. The molecule has 1 saturated heterocycles. The van der Waals surface area contributed by atoms with Crippen LogP contribution in [-0.4, -0.2) is 23.2 Å². The number of nitriles is 1. The fourth-order valence-electron chi connectivity index (χ4n) is 2.27. The highest BCUT2D eigenvalue weighted by Crippen LogP contribution is 2.37. The number of hydrogen-bond donors (Lipinski definition) is 0. The van der Waals surface area contributed by atoms with E-state index < -0.39 is 5.41 Å². The average Bonchev–Trinajstić information content (AvgIpc) is 2.13. The zero-order valence-electron chi connectivity index (χ0n) is 9.94. The summed E-state index contributed by atoms with van der Waals surface area (Å²) in [5, 5.41) is 9.27. The summed E-state index contributed by atoms with van der Waals surface area (Å²) in [5.74, 6) is 1.24. The molecule has 3 rings (SSSR count). The number of aromatic nitrogens is 2. The topological polar surface area (TPSA) is 58.8 Å². The van der Waals surface area contributed by atoms with Crippen molar-refractivity contribution in [2.24, 2.45) is 0 Å². The number of aryl methyl sites for hydroxylation is 1. The molecule has 1 aromatic rings. The fourth-order valence-corrected chi connectivity index (χ4v) is 2.27. The van der Waals surface area contributed by atoms with Gasteiger partial charge in [-0.2, -0.15) is 5.26 Å². The monoisotopic (exact) mass is 229 g/mol. The molecule has 4 heteroatoms. The van der Waals surface area contributed by atoms with Crippen molar-refractivity contribution in [3.63, 3.8) is 0 Å². The van der Waals surface area contributed by atoms with Crippen LogP contribution in [0, 0.1) is 18.3 Å². The number of ether oxygens (including phenoxy) is 1. The van der Waals surface area contributed by atoms with Gasteiger partial charge in [0.2, 0.25) is 0 Å². The summed E-state index contributed by atoms with van der Waals surface area (Å²) in [6, 6.07) is 4.36. The molecule has 0 amide bonds. The zero-order chi connectivity index (χ0) is 11.9. The predicted molar refractivity (Wildman–Crippen MR) is 61.5 cm³/mol. The molecule has 17 heavy (non-hydrogen) atoms. The van der Waals surface area contributed by atoms with Crippen molar-refractivity contribution in [3.05, 3.63) is 23.3 Å². The summed E-state index contributed by atoms with van der Waals surface area (Å²) in [6.07, 6.45) is 3.72. The van der Waals surface area contributed by atoms with Crippen molar-refractivity contribution >= 4 is 0 Å². The van der Waals surface area contributed by atoms with Gasteiger partial charge in [-0.15, -0.1) is 0 Å². The van der Waals surface area contributed by atoms with Crippen LogP contribution in [0.25, 0.3) is 0 Å². The van der Waals surface area contributed by atoms with E-state index in [-0.39, 0.29) is 0 Å². The Kier molecular flexibility index (Phi) is 2.37. The average molecular weight is 229 g/mol. The van der Waals surface area contributed by atoms with E-state index in [4.69, 9.17) is 4.74 Å². The lowest BCUT2D eigenvalue weighted by molar-refractivity contribution is -0.0341. The lowest BCUT2D eigenvalue weighted by atomic mass is 9.81. The van der Waals surface area contributed by atoms with Gasteiger partial charge in [-0.1, -0.05) is 6.42 Å². The quantitative estimate of drug-likeness (QED) is 0.776. The molecule has 2 fully saturated rings. The van der Waals surface area contributed by atoms with Crippen molar-refractivity contribution in [1.29, 1.82) is 5.26 Å². The van der Waals surface area contributed by atoms with Gasteiger partial charge in [-0.05, 0) is 25.8 Å². The van der Waals surface area contributed by atoms with Crippen LogP contribution in [0.5, 0.6) is 0 Å². The van der Waals surface area contributed by atoms with Crippen molar-refractivity contribution in [3.8, 4) is 6.07 Å². The number of nitrogens with zero attached hydrogens (tertiary/aromatic N) is 3. The van der Waals surface area contributed by atoms with Gasteiger partial charge < -0.3 is 4.74 Å². The van der Waals surface area contributed by atoms with E-state index in [2.05, 4.69) is 22.1 Å². The van der Waals surface area contributed by atoms with Crippen molar-refractivity contribution < 1.29 is 4.74 Å². The maximum atomic E-state index is 9.27. The molecular weight excluding hydrogens is 214 g/mol. The number of rotatable bonds is 2. The van der Waals surface area contributed by atoms with Crippen LogP contribution >= 0.6 is 0 Å². The Balaban J connectivity index is 1.99. The third-order valence-electron chi connectivity index (χ3n) is 3.74. The summed E-state index contributed by atoms with van der Waals surface area (Å²) in [7, 11) is 0. The Morgan fingerprint density at radius 3 is 2.65 bits per heavy atom. The zero-order valence-corrected chi connectivity index (χ0v) is 9.94. The summed E-state index contributed by atoms with van der Waals surface area (Å²) < 4.78 is 5.16. The van der Waals surface area contributed by atoms with Gasteiger partial charge >= 0.3 is 0 Å². The largest absolute Gasteiger partial charge is 0.377 e. The Bertz CT molecular complexity index is 484. The minimum Gasteiger partial charge on any atom is -0.377 e. The first-order valence-electron chi connectivity index (χ1n) is 6.09. The van der Waals surface area contributed by atoms with Crippen molar-refractivity contribution in [2.45, 2.75) is 37.5 Å². The second kappa shape index (κ2) is 3.78. The van der Waals surface area contributed by atoms with E-state index in [1.807, 2.05) is 6.92 Å². The maximum absolute atomic E-state index is 9.27. The Labute approximate surface area is 101 Å². The molecule has 1 aliphatic heterocycles. The van der Waals surface area contributed by atoms with Gasteiger partial charge in [-0.3, -0.25) is 0 Å². The van der Waals surface area contributed by atoms with E-state index >= 15 is 0 Å². The summed E-state index contributed by atoms with van der Waals surface area (Å²) in [6.45, 7) is 2.83. The van der Waals surface area contributed by atoms with Crippen LogP contribution in [0.2, 0.25) is 0 Å². The van der Waals surface area contributed by atoms with Crippen LogP contribution in [0.4, 0.5) is 0 Å². The molecule has 0 unspecified atom stereocenters. The molecule has 88 valence electrons. The van der Waals surface area contributed by atoms with Crippen LogP contribution in [-0.2, 0) is 10.2 Å². The molecule has 0 bridgehead atoms. The third kappa shape index (κ3) is 1.62. The first-order chi connectivity index (χ1) is 8.23. The van der Waals surface area contributed by atoms with E-state index in [1.165, 1.54) is 19.3 Å². The molecule has 2 aliphatic rings. The normalized spacial score (nSPS) is 22.4. The summed E-state index contributed by atoms with van der Waals surface area (Å²) in [5.41, 5.74) is 1.48. The molecule has 0 aromatic carbocycles. The molecule has 2 heterocycles. The van der Waals surface area contributed by atoms with Gasteiger partial charge in [0.25, 0.3) is 0 Å². The van der Waals surface area contributed by atoms with Crippen molar-refractivity contribution in [1.82, 2.24) is 9.97 Å². The van der Waals surface area contributed by atoms with E-state index in [0.717, 1.165) is 11.4 Å². The van der Waals surface area contributed by atoms with Crippen LogP contribution in [0.1, 0.15) is 42.4 Å². The first kappa shape index (κ1) is 10.7. The van der Waals surface area contributed by atoms with Gasteiger partial charge in [0.05, 0.1) is 19.3 Å². The predicted octanol–water partition coefficient (Wildman–Crippen LogP) is 1.84. The van der Waals surface area contributed by atoms with Gasteiger partial charge in [0.1, 0.15) is 0 Å². The lowest BCUT2D eigenvalue weighted by Gasteiger charge is -2.34.